The van der Waals surface area contributed by atoms with E-state index in [4.69, 9.17) is 16.0 Å². The van der Waals surface area contributed by atoms with Gasteiger partial charge in [-0.2, -0.15) is 0 Å². The van der Waals surface area contributed by atoms with E-state index >= 15 is 4.39 Å². The molecule has 2 aromatic heterocycles. The van der Waals surface area contributed by atoms with Crippen LogP contribution in [0.15, 0.2) is 57.8 Å². The Morgan fingerprint density at radius 2 is 1.88 bits per heavy atom. The van der Waals surface area contributed by atoms with Gasteiger partial charge in [0.05, 0.1) is 4.90 Å². The number of sulfone groups is 1. The van der Waals surface area contributed by atoms with Gasteiger partial charge < -0.3 is 9.40 Å². The second kappa shape index (κ2) is 6.89. The van der Waals surface area contributed by atoms with Crippen LogP contribution in [0.4, 0.5) is 4.39 Å². The maximum Gasteiger partial charge on any atom is 0.294 e. The number of hydrogen-bond acceptors (Lipinski definition) is 5. The topological polar surface area (TPSA) is 88.8 Å². The Morgan fingerprint density at radius 3 is 2.62 bits per heavy atom. The smallest absolute Gasteiger partial charge is 0.294 e. The minimum atomic E-state index is -4.49. The van der Waals surface area contributed by atoms with E-state index in [0.717, 1.165) is 35.0 Å². The predicted octanol–water partition coefficient (Wildman–Crippen LogP) is 5.09. The third-order valence-corrected chi connectivity index (χ3v) is 8.90. The predicted molar refractivity (Wildman–Crippen MR) is 117 cm³/mol. The lowest BCUT2D eigenvalue weighted by molar-refractivity contribution is 0.137. The summed E-state index contributed by atoms with van der Waals surface area (Å²) in [6, 6.07) is 13.1. The molecule has 1 saturated carbocycles. The van der Waals surface area contributed by atoms with Gasteiger partial charge in [-0.1, -0.05) is 29.8 Å². The van der Waals surface area contributed by atoms with Crippen LogP contribution in [-0.4, -0.2) is 23.6 Å². The molecule has 0 spiro atoms. The van der Waals surface area contributed by atoms with Gasteiger partial charge in [0.15, 0.2) is 0 Å². The molecular formula is C23H19ClFN3O3S. The van der Waals surface area contributed by atoms with E-state index in [1.54, 1.807) is 24.3 Å². The molecule has 1 N–H and O–H groups in total. The van der Waals surface area contributed by atoms with Crippen LogP contribution in [0.1, 0.15) is 41.8 Å². The molecule has 1 fully saturated rings. The van der Waals surface area contributed by atoms with Crippen LogP contribution in [-0.2, 0) is 27.7 Å². The lowest BCUT2D eigenvalue weighted by Crippen LogP contribution is -2.40. The number of rotatable bonds is 5. The van der Waals surface area contributed by atoms with Crippen molar-refractivity contribution in [2.45, 2.75) is 41.5 Å². The van der Waals surface area contributed by atoms with E-state index in [1.165, 1.54) is 12.1 Å². The molecule has 0 aliphatic heterocycles. The van der Waals surface area contributed by atoms with Crippen LogP contribution in [0.3, 0.4) is 0 Å². The number of benzene rings is 2. The van der Waals surface area contributed by atoms with E-state index in [2.05, 4.69) is 15.2 Å². The number of nitrogens with one attached hydrogen (secondary N) is 1. The number of nitrogens with zero attached hydrogens (tertiary/aromatic N) is 2. The molecule has 0 amide bonds. The third-order valence-electron chi connectivity index (χ3n) is 6.49. The quantitative estimate of drug-likeness (QED) is 0.437. The molecule has 0 unspecified atom stereocenters. The Labute approximate surface area is 188 Å². The third kappa shape index (κ3) is 2.85. The SMILES string of the molecule is O=S(=O)(c1ccccc1)[C@](F)(c1nnc(C2CC2)o1)[C@H]1Cc2[nH]c3ccc(Cl)cc3c2C1. The summed E-state index contributed by atoms with van der Waals surface area (Å²) in [5.41, 5.74) is 2.57. The van der Waals surface area contributed by atoms with Crippen molar-refractivity contribution in [2.24, 2.45) is 5.92 Å². The molecule has 0 saturated heterocycles. The van der Waals surface area contributed by atoms with Gasteiger partial charge in [0.25, 0.3) is 10.9 Å². The zero-order chi connectivity index (χ0) is 22.1. The highest BCUT2D eigenvalue weighted by atomic mass is 35.5. The maximum atomic E-state index is 17.1. The van der Waals surface area contributed by atoms with Gasteiger partial charge in [0, 0.05) is 33.5 Å². The largest absolute Gasteiger partial charge is 0.420 e. The highest BCUT2D eigenvalue weighted by molar-refractivity contribution is 7.92. The monoisotopic (exact) mass is 471 g/mol. The minimum Gasteiger partial charge on any atom is -0.420 e. The average Bonchev–Trinajstić information content (AvgIpc) is 3.22. The fourth-order valence-electron chi connectivity index (χ4n) is 4.66. The zero-order valence-corrected chi connectivity index (χ0v) is 18.5. The van der Waals surface area contributed by atoms with Crippen LogP contribution in [0.25, 0.3) is 10.9 Å². The fourth-order valence-corrected chi connectivity index (χ4v) is 6.61. The second-order valence-electron chi connectivity index (χ2n) is 8.56. The average molecular weight is 472 g/mol. The van der Waals surface area contributed by atoms with E-state index in [-0.39, 0.29) is 23.7 Å². The van der Waals surface area contributed by atoms with Crippen molar-refractivity contribution >= 4 is 32.3 Å². The molecule has 9 heteroatoms. The van der Waals surface area contributed by atoms with Crippen LogP contribution in [0.2, 0.25) is 5.02 Å². The van der Waals surface area contributed by atoms with Crippen LogP contribution in [0, 0.1) is 5.92 Å². The molecule has 6 rings (SSSR count). The maximum absolute atomic E-state index is 17.1. The lowest BCUT2D eigenvalue weighted by Gasteiger charge is -2.28. The number of fused-ring (bicyclic) bond motifs is 3. The molecule has 2 aliphatic rings. The van der Waals surface area contributed by atoms with Crippen molar-refractivity contribution in [2.75, 3.05) is 0 Å². The number of hydrogen-bond donors (Lipinski definition) is 1. The van der Waals surface area contributed by atoms with Crippen molar-refractivity contribution in [3.05, 3.63) is 76.6 Å². The van der Waals surface area contributed by atoms with Crippen LogP contribution < -0.4 is 0 Å². The molecular weight excluding hydrogens is 453 g/mol. The summed E-state index contributed by atoms with van der Waals surface area (Å²) in [6.45, 7) is 0. The highest BCUT2D eigenvalue weighted by Gasteiger charge is 2.59. The number of aromatic nitrogens is 3. The normalized spacial score (nSPS) is 20.4. The van der Waals surface area contributed by atoms with E-state index in [0.29, 0.717) is 10.9 Å². The van der Waals surface area contributed by atoms with Gasteiger partial charge >= 0.3 is 0 Å². The summed E-state index contributed by atoms with van der Waals surface area (Å²) < 4.78 is 50.1. The minimum absolute atomic E-state index is 0.0855. The van der Waals surface area contributed by atoms with Crippen molar-refractivity contribution in [3.8, 4) is 0 Å². The number of H-pyrrole nitrogens is 1. The first kappa shape index (κ1) is 19.9. The Hall–Kier alpha value is -2.71. The number of alkyl halides is 1. The van der Waals surface area contributed by atoms with Gasteiger partial charge in [0.2, 0.25) is 15.7 Å². The Bertz CT molecular complexity index is 1450. The second-order valence-corrected chi connectivity index (χ2v) is 11.1. The Balaban J connectivity index is 1.48. The summed E-state index contributed by atoms with van der Waals surface area (Å²) in [4.78, 5) is 3.18. The summed E-state index contributed by atoms with van der Waals surface area (Å²) in [5.74, 6) is -1.02. The summed E-state index contributed by atoms with van der Waals surface area (Å²) in [6.07, 6.45) is 2.17. The first-order valence-corrected chi connectivity index (χ1v) is 12.4. The molecule has 164 valence electrons. The van der Waals surface area contributed by atoms with Crippen LogP contribution in [0.5, 0.6) is 0 Å². The summed E-state index contributed by atoms with van der Waals surface area (Å²) in [7, 11) is -4.49. The fraction of sp³-hybridized carbons (Fsp3) is 0.304. The Kier molecular flexibility index (Phi) is 4.29. The molecule has 2 aromatic carbocycles. The zero-order valence-electron chi connectivity index (χ0n) is 16.9. The highest BCUT2D eigenvalue weighted by Crippen LogP contribution is 2.50. The summed E-state index contributed by atoms with van der Waals surface area (Å²) >= 11 is 6.17. The number of aromatic amines is 1. The lowest BCUT2D eigenvalue weighted by atomic mass is 9.98. The molecule has 6 nitrogen and oxygen atoms in total. The molecule has 0 bridgehead atoms. The van der Waals surface area contributed by atoms with E-state index in [9.17, 15) is 8.42 Å². The Morgan fingerprint density at radius 1 is 1.09 bits per heavy atom. The van der Waals surface area contributed by atoms with Gasteiger partial charge in [-0.05, 0) is 61.6 Å². The molecule has 2 atom stereocenters. The van der Waals surface area contributed by atoms with Crippen molar-refractivity contribution in [3.63, 3.8) is 0 Å². The van der Waals surface area contributed by atoms with E-state index in [1.807, 2.05) is 12.1 Å². The van der Waals surface area contributed by atoms with Crippen molar-refractivity contribution < 1.29 is 17.2 Å². The van der Waals surface area contributed by atoms with Gasteiger partial charge in [-0.25, -0.2) is 12.8 Å². The van der Waals surface area contributed by atoms with Gasteiger partial charge in [0.1, 0.15) is 0 Å². The molecule has 32 heavy (non-hydrogen) atoms. The van der Waals surface area contributed by atoms with Crippen LogP contribution >= 0.6 is 11.6 Å². The van der Waals surface area contributed by atoms with Crippen molar-refractivity contribution in [1.29, 1.82) is 0 Å². The first-order chi connectivity index (χ1) is 15.4. The van der Waals surface area contributed by atoms with Gasteiger partial charge in [-0.3, -0.25) is 0 Å². The van der Waals surface area contributed by atoms with Gasteiger partial charge in [-0.15, -0.1) is 10.2 Å². The first-order valence-electron chi connectivity index (χ1n) is 10.5. The summed E-state index contributed by atoms with van der Waals surface area (Å²) in [5, 5.41) is 6.46. The van der Waals surface area contributed by atoms with Crippen molar-refractivity contribution in [1.82, 2.24) is 15.2 Å². The standard InChI is InChI=1S/C23H19ClFN3O3S/c24-15-8-9-19-18(12-15)17-10-14(11-20(17)26-19)23(25,22-28-27-21(31-22)13-6-7-13)32(29,30)16-4-2-1-3-5-16/h1-5,8-9,12-14,26H,6-7,10-11H2/t14-,23+/m1/s1. The molecule has 2 aliphatic carbocycles. The van der Waals surface area contributed by atoms with E-state index < -0.39 is 26.6 Å². The molecule has 2 heterocycles. The molecule has 4 aromatic rings. The molecule has 0 radical (unpaired) electrons. The number of halogens is 2.